The van der Waals surface area contributed by atoms with Crippen molar-refractivity contribution in [3.63, 3.8) is 0 Å². The van der Waals surface area contributed by atoms with Crippen LogP contribution < -0.4 is 9.47 Å². The smallest absolute Gasteiger partial charge is 0.289 e. The Hall–Kier alpha value is -3.00. The van der Waals surface area contributed by atoms with Gasteiger partial charge in [0, 0.05) is 39.1 Å². The van der Waals surface area contributed by atoms with Crippen LogP contribution in [0.3, 0.4) is 0 Å². The van der Waals surface area contributed by atoms with Gasteiger partial charge in [-0.25, -0.2) is 0 Å². The van der Waals surface area contributed by atoms with Crippen molar-refractivity contribution in [2.45, 2.75) is 25.3 Å². The molecule has 8 heteroatoms. The highest BCUT2D eigenvalue weighted by molar-refractivity contribution is 5.91. The number of fused-ring (bicyclic) bond motifs is 1. The first-order valence-electron chi connectivity index (χ1n) is 11.4. The van der Waals surface area contributed by atoms with Crippen LogP contribution in [0.1, 0.15) is 41.4 Å². The van der Waals surface area contributed by atoms with E-state index in [1.54, 1.807) is 17.0 Å². The van der Waals surface area contributed by atoms with E-state index in [9.17, 15) is 9.59 Å². The van der Waals surface area contributed by atoms with Gasteiger partial charge in [0.1, 0.15) is 0 Å². The van der Waals surface area contributed by atoms with Gasteiger partial charge in [0.15, 0.2) is 17.3 Å². The summed E-state index contributed by atoms with van der Waals surface area (Å²) in [4.78, 5) is 31.5. The van der Waals surface area contributed by atoms with Crippen LogP contribution in [0.2, 0.25) is 0 Å². The number of benzene rings is 1. The summed E-state index contributed by atoms with van der Waals surface area (Å²) in [5.41, 5.74) is 1.11. The van der Waals surface area contributed by atoms with E-state index < -0.39 is 0 Å². The Kier molecular flexibility index (Phi) is 6.03. The van der Waals surface area contributed by atoms with Gasteiger partial charge in [0.25, 0.3) is 5.91 Å². The van der Waals surface area contributed by atoms with Crippen LogP contribution in [0.25, 0.3) is 0 Å². The minimum Gasteiger partial charge on any atom is -0.490 e. The summed E-state index contributed by atoms with van der Waals surface area (Å²) in [6, 6.07) is 9.54. The molecule has 4 heterocycles. The normalized spacial score (nSPS) is 21.4. The monoisotopic (exact) mass is 439 g/mol. The van der Waals surface area contributed by atoms with E-state index in [2.05, 4.69) is 11.0 Å². The van der Waals surface area contributed by atoms with Gasteiger partial charge in [-0.05, 0) is 42.7 Å². The topological polar surface area (TPSA) is 75.5 Å². The fraction of sp³-hybridized carbons (Fsp3) is 0.500. The van der Waals surface area contributed by atoms with E-state index in [-0.39, 0.29) is 17.9 Å². The zero-order valence-corrected chi connectivity index (χ0v) is 18.2. The molecule has 2 amide bonds. The summed E-state index contributed by atoms with van der Waals surface area (Å²) in [5, 5.41) is 0. The fourth-order valence-corrected chi connectivity index (χ4v) is 4.75. The van der Waals surface area contributed by atoms with E-state index >= 15 is 0 Å². The summed E-state index contributed by atoms with van der Waals surface area (Å²) in [6.07, 6.45) is 4.34. The van der Waals surface area contributed by atoms with Crippen molar-refractivity contribution in [1.82, 2.24) is 14.7 Å². The van der Waals surface area contributed by atoms with Crippen molar-refractivity contribution >= 4 is 11.8 Å². The molecule has 3 aliphatic heterocycles. The predicted octanol–water partition coefficient (Wildman–Crippen LogP) is 2.56. The zero-order chi connectivity index (χ0) is 21.9. The number of rotatable bonds is 4. The van der Waals surface area contributed by atoms with E-state index in [1.165, 1.54) is 6.26 Å². The second kappa shape index (κ2) is 9.24. The number of piperazine rings is 1. The van der Waals surface area contributed by atoms with E-state index in [1.807, 2.05) is 17.0 Å². The van der Waals surface area contributed by atoms with Crippen LogP contribution in [0.4, 0.5) is 0 Å². The molecule has 2 saturated heterocycles. The second-order valence-corrected chi connectivity index (χ2v) is 8.55. The number of amides is 2. The number of likely N-dealkylation sites (tertiary alicyclic amines) is 1. The van der Waals surface area contributed by atoms with Crippen molar-refractivity contribution in [2.24, 2.45) is 0 Å². The maximum Gasteiger partial charge on any atom is 0.289 e. The van der Waals surface area contributed by atoms with Crippen LogP contribution in [-0.2, 0) is 4.79 Å². The minimum atomic E-state index is -0.0880. The SMILES string of the molecule is O=C(c1ccco1)N1CCN(CC(=O)N2CCCC2c2ccc3c(c2)OCCCO3)CC1. The second-order valence-electron chi connectivity index (χ2n) is 8.55. The molecule has 0 spiro atoms. The Morgan fingerprint density at radius 1 is 0.938 bits per heavy atom. The molecule has 3 aliphatic rings. The molecular formula is C24H29N3O5. The number of ether oxygens (including phenoxy) is 2. The Morgan fingerprint density at radius 3 is 2.53 bits per heavy atom. The first-order valence-corrected chi connectivity index (χ1v) is 11.4. The lowest BCUT2D eigenvalue weighted by Gasteiger charge is -2.35. The lowest BCUT2D eigenvalue weighted by Crippen LogP contribution is -2.51. The van der Waals surface area contributed by atoms with Crippen molar-refractivity contribution < 1.29 is 23.5 Å². The summed E-state index contributed by atoms with van der Waals surface area (Å²) in [7, 11) is 0. The number of carbonyl (C=O) groups is 2. The number of nitrogens with zero attached hydrogens (tertiary/aromatic N) is 3. The molecule has 8 nitrogen and oxygen atoms in total. The molecule has 170 valence electrons. The number of furan rings is 1. The molecule has 2 aromatic rings. The van der Waals surface area contributed by atoms with Crippen molar-refractivity contribution in [1.29, 1.82) is 0 Å². The molecule has 0 bridgehead atoms. The highest BCUT2D eigenvalue weighted by Crippen LogP contribution is 2.38. The maximum absolute atomic E-state index is 13.2. The Balaban J connectivity index is 1.19. The molecule has 0 saturated carbocycles. The van der Waals surface area contributed by atoms with Crippen LogP contribution in [0.15, 0.2) is 41.0 Å². The van der Waals surface area contributed by atoms with Gasteiger partial charge >= 0.3 is 0 Å². The number of carbonyl (C=O) groups excluding carboxylic acids is 2. The fourth-order valence-electron chi connectivity index (χ4n) is 4.75. The molecule has 0 radical (unpaired) electrons. The first kappa shape index (κ1) is 20.9. The lowest BCUT2D eigenvalue weighted by atomic mass is 10.0. The average molecular weight is 440 g/mol. The van der Waals surface area contributed by atoms with Gasteiger partial charge in [-0.3, -0.25) is 14.5 Å². The molecule has 5 rings (SSSR count). The highest BCUT2D eigenvalue weighted by atomic mass is 16.5. The molecule has 1 unspecified atom stereocenters. The number of hydrogen-bond acceptors (Lipinski definition) is 6. The molecule has 0 aliphatic carbocycles. The molecular weight excluding hydrogens is 410 g/mol. The molecule has 1 atom stereocenters. The molecule has 32 heavy (non-hydrogen) atoms. The minimum absolute atomic E-state index is 0.0708. The average Bonchev–Trinajstić information content (AvgIpc) is 3.48. The van der Waals surface area contributed by atoms with E-state index in [4.69, 9.17) is 13.9 Å². The largest absolute Gasteiger partial charge is 0.490 e. The van der Waals surface area contributed by atoms with Crippen molar-refractivity contribution in [3.8, 4) is 11.5 Å². The third-order valence-electron chi connectivity index (χ3n) is 6.48. The van der Waals surface area contributed by atoms with Crippen molar-refractivity contribution in [3.05, 3.63) is 47.9 Å². The van der Waals surface area contributed by atoms with Crippen LogP contribution in [0.5, 0.6) is 11.5 Å². The third kappa shape index (κ3) is 4.32. The van der Waals surface area contributed by atoms with Crippen molar-refractivity contribution in [2.75, 3.05) is 52.5 Å². The van der Waals surface area contributed by atoms with Gasteiger partial charge in [-0.2, -0.15) is 0 Å². The van der Waals surface area contributed by atoms with Gasteiger partial charge in [-0.15, -0.1) is 0 Å². The van der Waals surface area contributed by atoms with Gasteiger partial charge in [-0.1, -0.05) is 6.07 Å². The van der Waals surface area contributed by atoms with E-state index in [0.717, 1.165) is 42.9 Å². The molecule has 1 aromatic carbocycles. The van der Waals surface area contributed by atoms with Crippen LogP contribution in [-0.4, -0.2) is 79.0 Å². The first-order chi connectivity index (χ1) is 15.7. The van der Waals surface area contributed by atoms with Crippen LogP contribution >= 0.6 is 0 Å². The Labute approximate surface area is 187 Å². The molecule has 1 aromatic heterocycles. The zero-order valence-electron chi connectivity index (χ0n) is 18.2. The quantitative estimate of drug-likeness (QED) is 0.729. The highest BCUT2D eigenvalue weighted by Gasteiger charge is 2.32. The Morgan fingerprint density at radius 2 is 1.75 bits per heavy atom. The summed E-state index contributed by atoms with van der Waals surface area (Å²) in [5.74, 6) is 1.98. The predicted molar refractivity (Wildman–Crippen MR) is 117 cm³/mol. The molecule has 2 fully saturated rings. The van der Waals surface area contributed by atoms with Gasteiger partial charge in [0.2, 0.25) is 5.91 Å². The summed E-state index contributed by atoms with van der Waals surface area (Å²) >= 11 is 0. The lowest BCUT2D eigenvalue weighted by molar-refractivity contribution is -0.133. The van der Waals surface area contributed by atoms with Crippen LogP contribution in [0, 0.1) is 0 Å². The third-order valence-corrected chi connectivity index (χ3v) is 6.48. The number of hydrogen-bond donors (Lipinski definition) is 0. The maximum atomic E-state index is 13.2. The summed E-state index contributed by atoms with van der Waals surface area (Å²) < 4.78 is 16.8. The summed E-state index contributed by atoms with van der Waals surface area (Å²) in [6.45, 7) is 5.02. The molecule has 0 N–H and O–H groups in total. The van der Waals surface area contributed by atoms with E-state index in [0.29, 0.717) is 51.7 Å². The Bertz CT molecular complexity index is 953. The van der Waals surface area contributed by atoms with Gasteiger partial charge < -0.3 is 23.7 Å². The standard InChI is InChI=1S/C24H29N3O5/c28-23(17-25-9-11-26(12-10-25)24(29)21-5-2-13-31-21)27-8-1-4-19(27)18-6-7-20-22(16-18)32-15-3-14-30-20/h2,5-7,13,16,19H,1,3-4,8-12,14-15,17H2. The van der Waals surface area contributed by atoms with Gasteiger partial charge in [0.05, 0.1) is 32.1 Å².